The second-order valence-corrected chi connectivity index (χ2v) is 8.18. The molecule has 3 atom stereocenters. The van der Waals surface area contributed by atoms with Crippen LogP contribution >= 0.6 is 0 Å². The fraction of sp³-hybridized carbons (Fsp3) is 0.296. The smallest absolute Gasteiger partial charge is 0.328 e. The zero-order valence-electron chi connectivity index (χ0n) is 20.5. The van der Waals surface area contributed by atoms with Crippen LogP contribution in [0.25, 0.3) is 5.69 Å². The number of nitrogens with zero attached hydrogens (tertiary/aromatic N) is 2. The molecule has 0 radical (unpaired) electrons. The molecule has 0 bridgehead atoms. The molecule has 3 unspecified atom stereocenters. The lowest BCUT2D eigenvalue weighted by Crippen LogP contribution is -2.42. The average molecular weight is 513 g/mol. The predicted octanol–water partition coefficient (Wildman–Crippen LogP) is 4.09. The van der Waals surface area contributed by atoms with Gasteiger partial charge in [-0.3, -0.25) is 0 Å². The van der Waals surface area contributed by atoms with Crippen molar-refractivity contribution in [3.05, 3.63) is 95.8 Å². The molecule has 2 aromatic carbocycles. The van der Waals surface area contributed by atoms with E-state index in [1.807, 2.05) is 43.3 Å². The number of hydrogen-bond acceptors (Lipinski definition) is 6. The van der Waals surface area contributed by atoms with Crippen molar-refractivity contribution in [1.29, 1.82) is 0 Å². The summed E-state index contributed by atoms with van der Waals surface area (Å²) in [7, 11) is 1.69. The first-order valence-electron chi connectivity index (χ1n) is 11.5. The number of benzene rings is 2. The minimum atomic E-state index is -1.26. The Morgan fingerprint density at radius 3 is 2.43 bits per heavy atom. The molecular weight excluding hydrogens is 483 g/mol. The van der Waals surface area contributed by atoms with E-state index in [0.717, 1.165) is 23.4 Å². The van der Waals surface area contributed by atoms with Crippen LogP contribution in [0.5, 0.6) is 0 Å². The molecule has 1 aromatic heterocycles. The van der Waals surface area contributed by atoms with Crippen molar-refractivity contribution >= 4 is 11.9 Å². The summed E-state index contributed by atoms with van der Waals surface area (Å²) in [5.41, 5.74) is 2.29. The van der Waals surface area contributed by atoms with E-state index in [9.17, 15) is 14.0 Å². The second kappa shape index (κ2) is 13.4. The van der Waals surface area contributed by atoms with Gasteiger partial charge in [-0.25, -0.2) is 19.0 Å². The minimum absolute atomic E-state index is 0.0772. The third kappa shape index (κ3) is 7.81. The van der Waals surface area contributed by atoms with Crippen LogP contribution in [0.3, 0.4) is 0 Å². The lowest BCUT2D eigenvalue weighted by Gasteiger charge is -2.37. The number of aliphatic carboxylic acids is 2. The highest BCUT2D eigenvalue weighted by Gasteiger charge is 2.36. The summed E-state index contributed by atoms with van der Waals surface area (Å²) in [4.78, 5) is 23.3. The van der Waals surface area contributed by atoms with E-state index in [-0.39, 0.29) is 30.7 Å². The van der Waals surface area contributed by atoms with Gasteiger partial charge in [-0.05, 0) is 36.6 Å². The molecule has 1 saturated heterocycles. The number of carbonyl (C=O) groups is 2. The molecule has 0 aliphatic carbocycles. The van der Waals surface area contributed by atoms with E-state index in [4.69, 9.17) is 24.4 Å². The summed E-state index contributed by atoms with van der Waals surface area (Å²) in [5, 5.41) is 15.6. The second-order valence-electron chi connectivity index (χ2n) is 8.18. The third-order valence-electron chi connectivity index (χ3n) is 5.70. The van der Waals surface area contributed by atoms with Gasteiger partial charge in [0.25, 0.3) is 0 Å². The van der Waals surface area contributed by atoms with E-state index >= 15 is 0 Å². The zero-order valence-corrected chi connectivity index (χ0v) is 20.5. The van der Waals surface area contributed by atoms with Crippen molar-refractivity contribution in [3.63, 3.8) is 0 Å². The first-order chi connectivity index (χ1) is 17.8. The van der Waals surface area contributed by atoms with Gasteiger partial charge in [-0.2, -0.15) is 0 Å². The number of imidazole rings is 1. The van der Waals surface area contributed by atoms with Crippen molar-refractivity contribution in [2.45, 2.75) is 38.3 Å². The maximum atomic E-state index is 14.7. The number of hydrogen-bond donors (Lipinski definition) is 2. The van der Waals surface area contributed by atoms with Gasteiger partial charge in [-0.15, -0.1) is 0 Å². The van der Waals surface area contributed by atoms with Crippen LogP contribution in [0.4, 0.5) is 4.39 Å². The van der Waals surface area contributed by atoms with Crippen LogP contribution < -0.4 is 0 Å². The molecule has 0 amide bonds. The van der Waals surface area contributed by atoms with E-state index in [2.05, 4.69) is 4.98 Å². The number of aromatic nitrogens is 2. The lowest BCUT2D eigenvalue weighted by atomic mass is 9.96. The van der Waals surface area contributed by atoms with Gasteiger partial charge >= 0.3 is 11.9 Å². The fourth-order valence-electron chi connectivity index (χ4n) is 3.94. The molecule has 3 aromatic rings. The predicted molar refractivity (Wildman–Crippen MR) is 132 cm³/mol. The van der Waals surface area contributed by atoms with Crippen LogP contribution in [0.2, 0.25) is 0 Å². The van der Waals surface area contributed by atoms with Crippen LogP contribution in [0, 0.1) is 12.7 Å². The largest absolute Gasteiger partial charge is 0.478 e. The van der Waals surface area contributed by atoms with Crippen molar-refractivity contribution in [2.24, 2.45) is 0 Å². The topological polar surface area (TPSA) is 120 Å². The Labute approximate surface area is 213 Å². The lowest BCUT2D eigenvalue weighted by molar-refractivity contribution is -0.175. The first-order valence-corrected chi connectivity index (χ1v) is 11.5. The summed E-state index contributed by atoms with van der Waals surface area (Å²) < 4.78 is 34.3. The van der Waals surface area contributed by atoms with Gasteiger partial charge in [0.05, 0.1) is 25.0 Å². The summed E-state index contributed by atoms with van der Waals surface area (Å²) in [6, 6.07) is 15.1. The number of carboxylic acids is 2. The van der Waals surface area contributed by atoms with E-state index in [1.165, 1.54) is 6.07 Å². The molecular formula is C27H29FN2O7. The molecule has 1 fully saturated rings. The van der Waals surface area contributed by atoms with Gasteiger partial charge < -0.3 is 29.0 Å². The SMILES string of the molecule is COC1CCOC(c2ccccc2)C1OCc1ccc(-n2ccnc2C)c(F)c1.O=C(O)C=CC(=O)O. The Balaban J connectivity index is 0.000000414. The number of aryl methyl sites for hydroxylation is 1. The van der Waals surface area contributed by atoms with Crippen molar-refractivity contribution in [1.82, 2.24) is 9.55 Å². The Bertz CT molecular complexity index is 1200. The first kappa shape index (κ1) is 27.7. The molecule has 37 heavy (non-hydrogen) atoms. The molecule has 1 aliphatic heterocycles. The van der Waals surface area contributed by atoms with Crippen molar-refractivity contribution in [2.75, 3.05) is 13.7 Å². The van der Waals surface area contributed by atoms with Gasteiger partial charge in [0.1, 0.15) is 23.8 Å². The molecule has 1 aliphatic rings. The maximum Gasteiger partial charge on any atom is 0.328 e. The molecule has 2 N–H and O–H groups in total. The molecule has 0 saturated carbocycles. The summed E-state index contributed by atoms with van der Waals surface area (Å²) in [6.07, 6.45) is 4.72. The molecule has 4 rings (SSSR count). The zero-order chi connectivity index (χ0) is 26.8. The fourth-order valence-corrected chi connectivity index (χ4v) is 3.94. The van der Waals surface area contributed by atoms with Crippen LogP contribution in [-0.4, -0.2) is 57.6 Å². The molecule has 196 valence electrons. The minimum Gasteiger partial charge on any atom is -0.478 e. The van der Waals surface area contributed by atoms with Crippen LogP contribution in [0.15, 0.2) is 73.1 Å². The van der Waals surface area contributed by atoms with Gasteiger partial charge in [0, 0.05) is 31.7 Å². The Kier molecular flexibility index (Phi) is 10.1. The Morgan fingerprint density at radius 2 is 1.86 bits per heavy atom. The summed E-state index contributed by atoms with van der Waals surface area (Å²) in [6.45, 7) is 2.73. The highest BCUT2D eigenvalue weighted by molar-refractivity contribution is 5.89. The standard InChI is InChI=1S/C23H25FN2O3.C4H4O4/c1-16-25-11-12-26(16)20-9-8-17(14-19(20)24)15-29-23-21(27-2)10-13-28-22(23)18-6-4-3-5-7-18;5-3(6)1-2-4(7)8/h3-9,11-12,14,21-23H,10,13,15H2,1-2H3;1-2H,(H,5,6)(H,7,8). The number of halogens is 1. The van der Waals surface area contributed by atoms with Gasteiger partial charge in [0.15, 0.2) is 0 Å². The molecule has 2 heterocycles. The van der Waals surface area contributed by atoms with Crippen LogP contribution in [0.1, 0.15) is 29.5 Å². The maximum absolute atomic E-state index is 14.7. The Hall–Kier alpha value is -3.86. The molecule has 0 spiro atoms. The number of ether oxygens (including phenoxy) is 3. The highest BCUT2D eigenvalue weighted by atomic mass is 19.1. The number of rotatable bonds is 8. The van der Waals surface area contributed by atoms with E-state index < -0.39 is 11.9 Å². The van der Waals surface area contributed by atoms with Crippen molar-refractivity contribution in [3.8, 4) is 5.69 Å². The average Bonchev–Trinajstić information content (AvgIpc) is 3.32. The number of carboxylic acid groups (broad SMARTS) is 2. The summed E-state index contributed by atoms with van der Waals surface area (Å²) in [5.74, 6) is -2.09. The number of methoxy groups -OCH3 is 1. The monoisotopic (exact) mass is 512 g/mol. The highest BCUT2D eigenvalue weighted by Crippen LogP contribution is 2.33. The van der Waals surface area contributed by atoms with Gasteiger partial charge in [0.2, 0.25) is 0 Å². The summed E-state index contributed by atoms with van der Waals surface area (Å²) >= 11 is 0. The van der Waals surface area contributed by atoms with E-state index in [1.54, 1.807) is 30.1 Å². The molecule has 9 nitrogen and oxygen atoms in total. The normalized spacial score (nSPS) is 19.3. The third-order valence-corrected chi connectivity index (χ3v) is 5.70. The quantitative estimate of drug-likeness (QED) is 0.433. The van der Waals surface area contributed by atoms with Crippen LogP contribution in [-0.2, 0) is 30.4 Å². The molecule has 10 heteroatoms. The van der Waals surface area contributed by atoms with E-state index in [0.29, 0.717) is 24.4 Å². The van der Waals surface area contributed by atoms with Crippen molar-refractivity contribution < 1.29 is 38.4 Å². The van der Waals surface area contributed by atoms with Gasteiger partial charge in [-0.1, -0.05) is 36.4 Å². The Morgan fingerprint density at radius 1 is 1.16 bits per heavy atom.